The molecule has 0 heterocycles. The van der Waals surface area contributed by atoms with E-state index in [4.69, 9.17) is 5.11 Å². The molecule has 0 saturated carbocycles. The quantitative estimate of drug-likeness (QED) is 0.776. The SMILES string of the molecule is CC(C)CC(CO)NC(=O)C=Cc1ccc(F)cc1. The van der Waals surface area contributed by atoms with Gasteiger partial charge in [0.2, 0.25) is 5.91 Å². The molecule has 0 aliphatic heterocycles. The van der Waals surface area contributed by atoms with Crippen LogP contribution >= 0.6 is 0 Å². The lowest BCUT2D eigenvalue weighted by atomic mass is 10.0. The molecule has 1 unspecified atom stereocenters. The average Bonchev–Trinajstić information content (AvgIpc) is 2.36. The molecule has 0 saturated heterocycles. The van der Waals surface area contributed by atoms with Crippen LogP contribution in [0.2, 0.25) is 0 Å². The molecular weight excluding hydrogens is 245 g/mol. The zero-order chi connectivity index (χ0) is 14.3. The van der Waals surface area contributed by atoms with E-state index in [-0.39, 0.29) is 24.4 Å². The van der Waals surface area contributed by atoms with Crippen molar-refractivity contribution in [2.24, 2.45) is 5.92 Å². The second-order valence-corrected chi connectivity index (χ2v) is 4.90. The number of aliphatic hydroxyl groups is 1. The Labute approximate surface area is 113 Å². The minimum Gasteiger partial charge on any atom is -0.394 e. The van der Waals surface area contributed by atoms with Crippen LogP contribution in [0, 0.1) is 11.7 Å². The lowest BCUT2D eigenvalue weighted by molar-refractivity contribution is -0.117. The molecule has 104 valence electrons. The minimum absolute atomic E-state index is 0.0751. The van der Waals surface area contributed by atoms with Crippen molar-refractivity contribution in [2.45, 2.75) is 26.3 Å². The van der Waals surface area contributed by atoms with Crippen molar-refractivity contribution in [2.75, 3.05) is 6.61 Å². The van der Waals surface area contributed by atoms with Crippen LogP contribution in [0.1, 0.15) is 25.8 Å². The van der Waals surface area contributed by atoms with Crippen LogP contribution in [0.4, 0.5) is 4.39 Å². The van der Waals surface area contributed by atoms with E-state index in [1.54, 1.807) is 18.2 Å². The molecule has 1 rings (SSSR count). The highest BCUT2D eigenvalue weighted by Crippen LogP contribution is 2.06. The van der Waals surface area contributed by atoms with Gasteiger partial charge in [-0.25, -0.2) is 4.39 Å². The Kier molecular flexibility index (Phi) is 6.22. The van der Waals surface area contributed by atoms with E-state index in [9.17, 15) is 9.18 Å². The third kappa shape index (κ3) is 6.15. The molecule has 0 aromatic heterocycles. The maximum Gasteiger partial charge on any atom is 0.244 e. The Morgan fingerprint density at radius 3 is 2.53 bits per heavy atom. The summed E-state index contributed by atoms with van der Waals surface area (Å²) in [4.78, 5) is 11.7. The Morgan fingerprint density at radius 1 is 1.37 bits per heavy atom. The van der Waals surface area contributed by atoms with Crippen LogP contribution in [0.5, 0.6) is 0 Å². The van der Waals surface area contributed by atoms with Crippen LogP contribution < -0.4 is 5.32 Å². The first-order valence-electron chi connectivity index (χ1n) is 6.36. The number of amides is 1. The van der Waals surface area contributed by atoms with Gasteiger partial charge < -0.3 is 10.4 Å². The Bertz CT molecular complexity index is 426. The number of halogens is 1. The van der Waals surface area contributed by atoms with E-state index < -0.39 is 0 Å². The molecule has 3 nitrogen and oxygen atoms in total. The predicted molar refractivity (Wildman–Crippen MR) is 73.9 cm³/mol. The highest BCUT2D eigenvalue weighted by molar-refractivity contribution is 5.91. The van der Waals surface area contributed by atoms with Gasteiger partial charge in [-0.2, -0.15) is 0 Å². The average molecular weight is 265 g/mol. The summed E-state index contributed by atoms with van der Waals surface area (Å²) in [6, 6.07) is 5.64. The summed E-state index contributed by atoms with van der Waals surface area (Å²) < 4.78 is 12.7. The van der Waals surface area contributed by atoms with E-state index in [0.29, 0.717) is 5.92 Å². The second kappa shape index (κ2) is 7.69. The van der Waals surface area contributed by atoms with Gasteiger partial charge in [0, 0.05) is 6.08 Å². The fourth-order valence-electron chi connectivity index (χ4n) is 1.74. The van der Waals surface area contributed by atoms with Gasteiger partial charge in [0.1, 0.15) is 5.82 Å². The molecule has 1 aromatic rings. The Morgan fingerprint density at radius 2 is 2.00 bits per heavy atom. The van der Waals surface area contributed by atoms with Gasteiger partial charge in [-0.15, -0.1) is 0 Å². The van der Waals surface area contributed by atoms with Gasteiger partial charge in [-0.05, 0) is 36.1 Å². The molecule has 0 aliphatic rings. The molecule has 1 atom stereocenters. The van der Waals surface area contributed by atoms with E-state index in [0.717, 1.165) is 12.0 Å². The van der Waals surface area contributed by atoms with Crippen molar-refractivity contribution in [3.63, 3.8) is 0 Å². The minimum atomic E-state index is -0.307. The van der Waals surface area contributed by atoms with Crippen molar-refractivity contribution < 1.29 is 14.3 Å². The summed E-state index contributed by atoms with van der Waals surface area (Å²) in [5.41, 5.74) is 0.751. The van der Waals surface area contributed by atoms with Gasteiger partial charge in [0.25, 0.3) is 0 Å². The number of benzene rings is 1. The van der Waals surface area contributed by atoms with Crippen molar-refractivity contribution in [1.82, 2.24) is 5.32 Å². The number of carbonyl (C=O) groups is 1. The second-order valence-electron chi connectivity index (χ2n) is 4.90. The molecule has 0 radical (unpaired) electrons. The van der Waals surface area contributed by atoms with Gasteiger partial charge >= 0.3 is 0 Å². The van der Waals surface area contributed by atoms with E-state index >= 15 is 0 Å². The number of rotatable bonds is 6. The number of aliphatic hydroxyl groups excluding tert-OH is 1. The smallest absolute Gasteiger partial charge is 0.244 e. The number of hydrogen-bond acceptors (Lipinski definition) is 2. The lowest BCUT2D eigenvalue weighted by Crippen LogP contribution is -2.37. The zero-order valence-corrected chi connectivity index (χ0v) is 11.3. The van der Waals surface area contributed by atoms with Crippen molar-refractivity contribution in [3.8, 4) is 0 Å². The van der Waals surface area contributed by atoms with E-state index in [1.165, 1.54) is 18.2 Å². The highest BCUT2D eigenvalue weighted by Gasteiger charge is 2.11. The van der Waals surface area contributed by atoms with Gasteiger partial charge in [0.05, 0.1) is 12.6 Å². The largest absolute Gasteiger partial charge is 0.394 e. The summed E-state index contributed by atoms with van der Waals surface area (Å²) in [5, 5.41) is 11.9. The Hall–Kier alpha value is -1.68. The van der Waals surface area contributed by atoms with Crippen LogP contribution in [0.25, 0.3) is 6.08 Å². The highest BCUT2D eigenvalue weighted by atomic mass is 19.1. The topological polar surface area (TPSA) is 49.3 Å². The number of hydrogen-bond donors (Lipinski definition) is 2. The van der Waals surface area contributed by atoms with Gasteiger partial charge in [-0.3, -0.25) is 4.79 Å². The lowest BCUT2D eigenvalue weighted by Gasteiger charge is -2.17. The van der Waals surface area contributed by atoms with E-state index in [2.05, 4.69) is 5.32 Å². The summed E-state index contributed by atoms with van der Waals surface area (Å²) in [6.07, 6.45) is 3.72. The molecule has 0 spiro atoms. The standard InChI is InChI=1S/C15H20FNO2/c1-11(2)9-14(10-18)17-15(19)8-5-12-3-6-13(16)7-4-12/h3-8,11,14,18H,9-10H2,1-2H3,(H,17,19). The monoisotopic (exact) mass is 265 g/mol. The summed E-state index contributed by atoms with van der Waals surface area (Å²) in [5.74, 6) is -0.165. The number of nitrogens with one attached hydrogen (secondary N) is 1. The normalized spacial score (nSPS) is 12.9. The summed E-state index contributed by atoms with van der Waals surface area (Å²) in [7, 11) is 0. The molecule has 1 aromatic carbocycles. The van der Waals surface area contributed by atoms with E-state index in [1.807, 2.05) is 13.8 Å². The molecule has 0 aliphatic carbocycles. The predicted octanol–water partition coefficient (Wildman–Crippen LogP) is 2.36. The fourth-order valence-corrected chi connectivity index (χ4v) is 1.74. The summed E-state index contributed by atoms with van der Waals surface area (Å²) >= 11 is 0. The first-order valence-corrected chi connectivity index (χ1v) is 6.36. The summed E-state index contributed by atoms with van der Waals surface area (Å²) in [6.45, 7) is 3.99. The fraction of sp³-hybridized carbons (Fsp3) is 0.400. The molecule has 19 heavy (non-hydrogen) atoms. The first-order chi connectivity index (χ1) is 9.01. The maximum absolute atomic E-state index is 12.7. The molecule has 0 fully saturated rings. The Balaban J connectivity index is 2.52. The van der Waals surface area contributed by atoms with Crippen molar-refractivity contribution in [3.05, 3.63) is 41.7 Å². The molecule has 1 amide bonds. The molecular formula is C15H20FNO2. The first kappa shape index (κ1) is 15.4. The number of carbonyl (C=O) groups excluding carboxylic acids is 1. The van der Waals surface area contributed by atoms with Crippen LogP contribution in [0.3, 0.4) is 0 Å². The van der Waals surface area contributed by atoms with Crippen molar-refractivity contribution >= 4 is 12.0 Å². The third-order valence-electron chi connectivity index (χ3n) is 2.62. The molecule has 2 N–H and O–H groups in total. The van der Waals surface area contributed by atoms with Crippen LogP contribution in [-0.2, 0) is 4.79 Å². The maximum atomic E-state index is 12.7. The van der Waals surface area contributed by atoms with Crippen molar-refractivity contribution in [1.29, 1.82) is 0 Å². The van der Waals surface area contributed by atoms with Crippen LogP contribution in [0.15, 0.2) is 30.3 Å². The molecule has 0 bridgehead atoms. The van der Waals surface area contributed by atoms with Gasteiger partial charge in [-0.1, -0.05) is 26.0 Å². The zero-order valence-electron chi connectivity index (χ0n) is 11.3. The third-order valence-corrected chi connectivity index (χ3v) is 2.62. The molecule has 4 heteroatoms. The van der Waals surface area contributed by atoms with Crippen LogP contribution in [-0.4, -0.2) is 23.7 Å². The van der Waals surface area contributed by atoms with Gasteiger partial charge in [0.15, 0.2) is 0 Å².